The summed E-state index contributed by atoms with van der Waals surface area (Å²) in [6, 6.07) is 11.3. The number of carbonyl (C=O) groups is 1. The molecule has 0 amide bonds. The highest BCUT2D eigenvalue weighted by Crippen LogP contribution is 2.30. The van der Waals surface area contributed by atoms with Crippen molar-refractivity contribution < 1.29 is 33.4 Å². The number of benzene rings is 2. The highest BCUT2D eigenvalue weighted by atomic mass is 32.2. The van der Waals surface area contributed by atoms with Gasteiger partial charge in [-0.15, -0.1) is 0 Å². The molecule has 0 fully saturated rings. The zero-order valence-electron chi connectivity index (χ0n) is 31.5. The highest BCUT2D eigenvalue weighted by Gasteiger charge is 2.16. The number of hydrogen-bond acceptors (Lipinski definition) is 13. The highest BCUT2D eigenvalue weighted by molar-refractivity contribution is 7.98. The van der Waals surface area contributed by atoms with Crippen LogP contribution >= 0.6 is 25.3 Å². The van der Waals surface area contributed by atoms with Crippen LogP contribution in [0.3, 0.4) is 0 Å². The van der Waals surface area contributed by atoms with E-state index in [1.165, 1.54) is 6.92 Å². The van der Waals surface area contributed by atoms with Crippen molar-refractivity contribution in [3.8, 4) is 23.0 Å². The molecular weight excluding hydrogens is 757 g/mol. The first-order valence-corrected chi connectivity index (χ1v) is 18.0. The molecule has 0 unspecified atom stereocenters. The molecule has 0 aliphatic carbocycles. The fourth-order valence-corrected chi connectivity index (χ4v) is 7.13. The van der Waals surface area contributed by atoms with Crippen LogP contribution in [0.25, 0.3) is 22.1 Å². The first-order chi connectivity index (χ1) is 25.1. The zero-order valence-corrected chi connectivity index (χ0v) is 34.1. The third-order valence-electron chi connectivity index (χ3n) is 7.66. The number of H-pyrrole nitrogens is 2. The third kappa shape index (κ3) is 11.7. The molecular formula is C36H46N6O9S3. The second kappa shape index (κ2) is 22.9. The number of nitrogens with zero attached hydrogens (tertiary/aromatic N) is 4. The molecule has 18 heteroatoms. The molecule has 54 heavy (non-hydrogen) atoms. The number of hydrogen-bond donors (Lipinski definition) is 2. The lowest BCUT2D eigenvalue weighted by atomic mass is 10.1. The summed E-state index contributed by atoms with van der Waals surface area (Å²) in [4.78, 5) is 47.1. The molecule has 0 saturated heterocycles. The minimum absolute atomic E-state index is 0. The van der Waals surface area contributed by atoms with Gasteiger partial charge in [0.25, 0.3) is 0 Å². The summed E-state index contributed by atoms with van der Waals surface area (Å²) in [5.41, 5.74) is 9.20. The van der Waals surface area contributed by atoms with Gasteiger partial charge in [-0.3, -0.25) is 14.2 Å². The van der Waals surface area contributed by atoms with E-state index in [4.69, 9.17) is 33.7 Å². The number of aryl methyl sites for hydroxylation is 2. The van der Waals surface area contributed by atoms with E-state index >= 15 is 0 Å². The number of ether oxygens (including phenoxy) is 4. The quantitative estimate of drug-likeness (QED) is 0.114. The van der Waals surface area contributed by atoms with Gasteiger partial charge >= 0.3 is 0 Å². The number of fused-ring (bicyclic) bond motifs is 2. The van der Waals surface area contributed by atoms with Crippen LogP contribution in [0.1, 0.15) is 40.6 Å². The van der Waals surface area contributed by atoms with Crippen LogP contribution in [-0.4, -0.2) is 74.3 Å². The summed E-state index contributed by atoms with van der Waals surface area (Å²) in [5.74, 6) is 4.25. The first-order valence-electron chi connectivity index (χ1n) is 15.7. The number of rotatable bonds is 10. The smallest absolute Gasteiger partial charge is 0.197 e. The maximum atomic E-state index is 12.7. The number of aromatic amines is 2. The van der Waals surface area contributed by atoms with Crippen LogP contribution in [0.5, 0.6) is 23.0 Å². The second-order valence-corrected chi connectivity index (χ2v) is 13.3. The Labute approximate surface area is 326 Å². The summed E-state index contributed by atoms with van der Waals surface area (Å²) in [6.07, 6.45) is 4.34. The first kappa shape index (κ1) is 47.0. The molecule has 15 nitrogen and oxygen atoms in total. The second-order valence-electron chi connectivity index (χ2n) is 11.0. The Morgan fingerprint density at radius 1 is 0.741 bits per heavy atom. The van der Waals surface area contributed by atoms with Crippen molar-refractivity contribution in [1.82, 2.24) is 29.9 Å². The summed E-state index contributed by atoms with van der Waals surface area (Å²) >= 11 is 1.63. The minimum Gasteiger partial charge on any atom is -0.497 e. The largest absolute Gasteiger partial charge is 0.497 e. The Morgan fingerprint density at radius 2 is 1.20 bits per heavy atom. The van der Waals surface area contributed by atoms with Gasteiger partial charge in [-0.25, -0.2) is 9.97 Å². The number of thioether (sulfide) groups is 1. The molecule has 2 aromatic carbocycles. The van der Waals surface area contributed by atoms with Crippen molar-refractivity contribution in [1.29, 1.82) is 0 Å². The molecule has 6 aromatic rings. The monoisotopic (exact) mass is 802 g/mol. The lowest BCUT2D eigenvalue weighted by molar-refractivity contribution is -0.106. The maximum Gasteiger partial charge on any atom is 0.197 e. The van der Waals surface area contributed by atoms with Crippen LogP contribution in [-0.2, 0) is 27.1 Å². The number of nitrogens with one attached hydrogen (secondary N) is 2. The fraction of sp³-hybridized carbons (Fsp3) is 0.306. The maximum absolute atomic E-state index is 12.7. The molecule has 1 atom stereocenters. The van der Waals surface area contributed by atoms with Gasteiger partial charge in [-0.05, 0) is 58.9 Å². The van der Waals surface area contributed by atoms with Crippen LogP contribution < -0.4 is 18.9 Å². The molecule has 0 bridgehead atoms. The van der Waals surface area contributed by atoms with Gasteiger partial charge in [0.05, 0.1) is 78.4 Å². The topological polar surface area (TPSA) is 220 Å². The van der Waals surface area contributed by atoms with E-state index in [9.17, 15) is 4.21 Å². The van der Waals surface area contributed by atoms with Crippen molar-refractivity contribution in [2.45, 2.75) is 56.4 Å². The van der Waals surface area contributed by atoms with E-state index in [1.807, 2.05) is 70.3 Å². The Balaban J connectivity index is 0.000000468. The summed E-state index contributed by atoms with van der Waals surface area (Å²) in [6.45, 7) is 9.35. The Hall–Kier alpha value is -5.04. The Kier molecular flexibility index (Phi) is 19.9. The molecule has 0 saturated carbocycles. The third-order valence-corrected chi connectivity index (χ3v) is 9.71. The van der Waals surface area contributed by atoms with E-state index in [1.54, 1.807) is 46.4 Å². The van der Waals surface area contributed by atoms with Gasteiger partial charge in [0, 0.05) is 62.5 Å². The average Bonchev–Trinajstić information content (AvgIpc) is 3.78. The van der Waals surface area contributed by atoms with Crippen molar-refractivity contribution in [3.05, 3.63) is 92.4 Å². The number of aromatic nitrogens is 6. The predicted octanol–water partition coefficient (Wildman–Crippen LogP) is 6.34. The predicted molar refractivity (Wildman–Crippen MR) is 218 cm³/mol. The Morgan fingerprint density at radius 3 is 1.70 bits per heavy atom. The van der Waals surface area contributed by atoms with E-state index in [-0.39, 0.29) is 24.7 Å². The molecule has 292 valence electrons. The van der Waals surface area contributed by atoms with Gasteiger partial charge in [0.1, 0.15) is 29.3 Å². The number of methoxy groups -OCH3 is 4. The minimum atomic E-state index is -1.33. The van der Waals surface area contributed by atoms with E-state index in [2.05, 4.69) is 29.9 Å². The van der Waals surface area contributed by atoms with Gasteiger partial charge in [0.15, 0.2) is 10.3 Å². The summed E-state index contributed by atoms with van der Waals surface area (Å²) in [7, 11) is 5.26. The average molecular weight is 803 g/mol. The molecule has 0 aliphatic heterocycles. The van der Waals surface area contributed by atoms with Crippen molar-refractivity contribution in [2.75, 3.05) is 28.4 Å². The molecule has 0 radical (unpaired) electrons. The SMILES string of the molecule is CC=O.COc1ccc2nc(SCc3ncc(C)c(OC)c3C)[nH]c2c1.COc1ccc2nc([S@@](=O)Cc3ncc(C)c(OC)c3C)[nH]c2c1.O.O=O.S. The lowest BCUT2D eigenvalue weighted by Crippen LogP contribution is -2.05. The van der Waals surface area contributed by atoms with Gasteiger partial charge in [-0.1, -0.05) is 11.8 Å². The molecule has 4 N–H and O–H groups in total. The van der Waals surface area contributed by atoms with Gasteiger partial charge < -0.3 is 39.2 Å². The van der Waals surface area contributed by atoms with Gasteiger partial charge in [0.2, 0.25) is 0 Å². The van der Waals surface area contributed by atoms with E-state index in [0.29, 0.717) is 5.16 Å². The molecule has 0 spiro atoms. The zero-order chi connectivity index (χ0) is 38.4. The normalized spacial score (nSPS) is 10.5. The lowest BCUT2D eigenvalue weighted by Gasteiger charge is -2.11. The summed E-state index contributed by atoms with van der Waals surface area (Å²) in [5, 5.41) is 1.30. The number of aldehydes is 1. The number of pyridine rings is 2. The van der Waals surface area contributed by atoms with Crippen LogP contribution in [0.2, 0.25) is 0 Å². The van der Waals surface area contributed by atoms with E-state index in [0.717, 1.165) is 95.9 Å². The van der Waals surface area contributed by atoms with Crippen molar-refractivity contribution in [3.63, 3.8) is 0 Å². The van der Waals surface area contributed by atoms with E-state index < -0.39 is 10.8 Å². The summed E-state index contributed by atoms with van der Waals surface area (Å²) < 4.78 is 34.0. The van der Waals surface area contributed by atoms with Crippen molar-refractivity contribution in [2.24, 2.45) is 0 Å². The Bertz CT molecular complexity index is 2140. The van der Waals surface area contributed by atoms with Crippen LogP contribution in [0.4, 0.5) is 0 Å². The standard InChI is InChI=1S/C17H19N3O3S.C17H19N3O2S.C2H4O.O2.H2O.H2S/c1-10-8-18-15(11(2)16(10)23-4)9-24(21)17-19-13-6-5-12(22-3)7-14(13)20-17;1-10-8-18-15(11(2)16(10)22-4)9-23-17-19-13-6-5-12(21-3)7-14(13)20-17;1-2-3;1-2;;/h5-8H,9H2,1-4H3,(H,19,20);5-8H,9H2,1-4H3,(H,19,20);2H,1H3;;2*1H2/t24-;;;;;/m0...../s1. The van der Waals surface area contributed by atoms with Crippen molar-refractivity contribution >= 4 is 64.4 Å². The van der Waals surface area contributed by atoms with Crippen LogP contribution in [0, 0.1) is 37.6 Å². The van der Waals surface area contributed by atoms with Gasteiger partial charge in [-0.2, -0.15) is 13.5 Å². The molecule has 6 rings (SSSR count). The fourth-order valence-electron chi connectivity index (χ4n) is 5.12. The molecule has 4 heterocycles. The number of imidazole rings is 2. The molecule has 4 aromatic heterocycles. The van der Waals surface area contributed by atoms with Crippen LogP contribution in [0.15, 0.2) is 59.1 Å². The number of carbonyl (C=O) groups excluding carboxylic acids is 1. The molecule has 0 aliphatic rings.